The summed E-state index contributed by atoms with van der Waals surface area (Å²) < 4.78 is 6.09. The van der Waals surface area contributed by atoms with E-state index in [1.54, 1.807) is 0 Å². The number of ether oxygens (including phenoxy) is 1. The second kappa shape index (κ2) is 5.97. The molecule has 0 atom stereocenters. The second-order valence-corrected chi connectivity index (χ2v) is 4.01. The van der Waals surface area contributed by atoms with Crippen LogP contribution in [0.25, 0.3) is 0 Å². The quantitative estimate of drug-likeness (QED) is 0.731. The van der Waals surface area contributed by atoms with Crippen molar-refractivity contribution in [2.45, 2.75) is 26.8 Å². The molecular formula is C10H15N3O4. The van der Waals surface area contributed by atoms with Crippen LogP contribution in [0.15, 0.2) is 6.20 Å². The SMILES string of the molecule is CC(C)CCOC(=O)Cn1cc(C(=O)O)nn1. The number of hydrogen-bond donors (Lipinski definition) is 1. The summed E-state index contributed by atoms with van der Waals surface area (Å²) in [4.78, 5) is 21.8. The normalized spacial score (nSPS) is 10.5. The fourth-order valence-corrected chi connectivity index (χ4v) is 1.06. The maximum Gasteiger partial charge on any atom is 0.358 e. The molecule has 0 fully saturated rings. The van der Waals surface area contributed by atoms with Gasteiger partial charge in [-0.05, 0) is 12.3 Å². The minimum absolute atomic E-state index is 0.127. The number of carbonyl (C=O) groups is 2. The van der Waals surface area contributed by atoms with Crippen molar-refractivity contribution in [1.29, 1.82) is 0 Å². The van der Waals surface area contributed by atoms with Gasteiger partial charge in [-0.15, -0.1) is 5.10 Å². The lowest BCUT2D eigenvalue weighted by Gasteiger charge is -2.06. The summed E-state index contributed by atoms with van der Waals surface area (Å²) in [5.74, 6) is -1.16. The molecule has 1 heterocycles. The van der Waals surface area contributed by atoms with E-state index in [9.17, 15) is 9.59 Å². The Labute approximate surface area is 98.4 Å². The molecule has 0 saturated heterocycles. The molecule has 7 heteroatoms. The average molecular weight is 241 g/mol. The Bertz CT molecular complexity index is 400. The van der Waals surface area contributed by atoms with Crippen LogP contribution in [0.4, 0.5) is 0 Å². The van der Waals surface area contributed by atoms with Gasteiger partial charge in [0.25, 0.3) is 0 Å². The largest absolute Gasteiger partial charge is 0.476 e. The second-order valence-electron chi connectivity index (χ2n) is 4.01. The molecule has 1 N–H and O–H groups in total. The topological polar surface area (TPSA) is 94.3 Å². The number of aromatic carboxylic acids is 1. The zero-order valence-corrected chi connectivity index (χ0v) is 9.79. The van der Waals surface area contributed by atoms with E-state index in [0.29, 0.717) is 12.5 Å². The first-order valence-electron chi connectivity index (χ1n) is 5.28. The lowest BCUT2D eigenvalue weighted by Crippen LogP contribution is -2.15. The van der Waals surface area contributed by atoms with E-state index in [1.807, 2.05) is 13.8 Å². The van der Waals surface area contributed by atoms with E-state index in [4.69, 9.17) is 9.84 Å². The van der Waals surface area contributed by atoms with Gasteiger partial charge in [0.2, 0.25) is 0 Å². The van der Waals surface area contributed by atoms with Gasteiger partial charge < -0.3 is 9.84 Å². The van der Waals surface area contributed by atoms with Crippen LogP contribution in [-0.4, -0.2) is 38.6 Å². The standard InChI is InChI=1S/C10H15N3O4/c1-7(2)3-4-17-9(14)6-13-5-8(10(15)16)11-12-13/h5,7H,3-4,6H2,1-2H3,(H,15,16). The fourth-order valence-electron chi connectivity index (χ4n) is 1.06. The third-order valence-electron chi connectivity index (χ3n) is 2.01. The van der Waals surface area contributed by atoms with Gasteiger partial charge in [0, 0.05) is 0 Å². The summed E-state index contributed by atoms with van der Waals surface area (Å²) in [6, 6.07) is 0. The van der Waals surface area contributed by atoms with E-state index < -0.39 is 11.9 Å². The van der Waals surface area contributed by atoms with Crippen molar-refractivity contribution < 1.29 is 19.4 Å². The van der Waals surface area contributed by atoms with Crippen LogP contribution < -0.4 is 0 Å². The third kappa shape index (κ3) is 4.62. The Morgan fingerprint density at radius 3 is 2.76 bits per heavy atom. The zero-order chi connectivity index (χ0) is 12.8. The summed E-state index contributed by atoms with van der Waals surface area (Å²) in [5.41, 5.74) is -0.194. The Balaban J connectivity index is 2.37. The summed E-state index contributed by atoms with van der Waals surface area (Å²) >= 11 is 0. The lowest BCUT2D eigenvalue weighted by atomic mass is 10.1. The van der Waals surface area contributed by atoms with Gasteiger partial charge in [0.05, 0.1) is 12.8 Å². The zero-order valence-electron chi connectivity index (χ0n) is 9.79. The molecule has 0 amide bonds. The number of carbonyl (C=O) groups excluding carboxylic acids is 1. The molecule has 0 aliphatic heterocycles. The smallest absolute Gasteiger partial charge is 0.358 e. The molecule has 1 aromatic heterocycles. The molecule has 7 nitrogen and oxygen atoms in total. The van der Waals surface area contributed by atoms with Crippen LogP contribution in [0.2, 0.25) is 0 Å². The Hall–Kier alpha value is -1.92. The molecule has 0 aliphatic rings. The molecule has 0 aliphatic carbocycles. The molecule has 0 unspecified atom stereocenters. The first-order valence-corrected chi connectivity index (χ1v) is 5.28. The van der Waals surface area contributed by atoms with Gasteiger partial charge in [-0.1, -0.05) is 19.1 Å². The molecule has 0 spiro atoms. The summed E-state index contributed by atoms with van der Waals surface area (Å²) in [5, 5.41) is 15.5. The number of esters is 1. The third-order valence-corrected chi connectivity index (χ3v) is 2.01. The van der Waals surface area contributed by atoms with Crippen molar-refractivity contribution in [2.75, 3.05) is 6.61 Å². The predicted octanol–water partition coefficient (Wildman–Crippen LogP) is 0.566. The van der Waals surface area contributed by atoms with E-state index in [2.05, 4.69) is 10.3 Å². The highest BCUT2D eigenvalue weighted by molar-refractivity contribution is 5.84. The van der Waals surface area contributed by atoms with Crippen molar-refractivity contribution in [2.24, 2.45) is 5.92 Å². The number of rotatable bonds is 6. The monoisotopic (exact) mass is 241 g/mol. The fraction of sp³-hybridized carbons (Fsp3) is 0.600. The maximum absolute atomic E-state index is 11.3. The van der Waals surface area contributed by atoms with Crippen molar-refractivity contribution in [3.8, 4) is 0 Å². The molecule has 0 radical (unpaired) electrons. The van der Waals surface area contributed by atoms with Crippen molar-refractivity contribution >= 4 is 11.9 Å². The Morgan fingerprint density at radius 1 is 1.53 bits per heavy atom. The first kappa shape index (κ1) is 13.1. The highest BCUT2D eigenvalue weighted by Crippen LogP contribution is 2.00. The number of nitrogens with zero attached hydrogens (tertiary/aromatic N) is 3. The van der Waals surface area contributed by atoms with Crippen LogP contribution in [0.5, 0.6) is 0 Å². The maximum atomic E-state index is 11.3. The van der Waals surface area contributed by atoms with Crippen molar-refractivity contribution in [3.05, 3.63) is 11.9 Å². The van der Waals surface area contributed by atoms with Crippen LogP contribution in [0.1, 0.15) is 30.8 Å². The van der Waals surface area contributed by atoms with Gasteiger partial charge in [-0.2, -0.15) is 0 Å². The van der Waals surface area contributed by atoms with Crippen LogP contribution in [0, 0.1) is 5.92 Å². The Kier molecular flexibility index (Phi) is 4.62. The van der Waals surface area contributed by atoms with Crippen molar-refractivity contribution in [1.82, 2.24) is 15.0 Å². The van der Waals surface area contributed by atoms with Gasteiger partial charge in [-0.3, -0.25) is 4.79 Å². The van der Waals surface area contributed by atoms with Crippen LogP contribution in [-0.2, 0) is 16.1 Å². The predicted molar refractivity (Wildman–Crippen MR) is 57.4 cm³/mol. The van der Waals surface area contributed by atoms with Gasteiger partial charge in [0.1, 0.15) is 6.54 Å². The highest BCUT2D eigenvalue weighted by atomic mass is 16.5. The average Bonchev–Trinajstić information content (AvgIpc) is 2.65. The van der Waals surface area contributed by atoms with E-state index in [1.165, 1.54) is 6.20 Å². The minimum atomic E-state index is -1.18. The number of carboxylic acids is 1. The molecular weight excluding hydrogens is 226 g/mol. The summed E-state index contributed by atoms with van der Waals surface area (Å²) in [7, 11) is 0. The van der Waals surface area contributed by atoms with Gasteiger partial charge >= 0.3 is 11.9 Å². The lowest BCUT2D eigenvalue weighted by molar-refractivity contribution is -0.144. The van der Waals surface area contributed by atoms with Crippen molar-refractivity contribution in [3.63, 3.8) is 0 Å². The summed E-state index contributed by atoms with van der Waals surface area (Å²) in [6.45, 7) is 4.30. The molecule has 1 aromatic rings. The van der Waals surface area contributed by atoms with E-state index >= 15 is 0 Å². The van der Waals surface area contributed by atoms with Gasteiger partial charge in [0.15, 0.2) is 5.69 Å². The number of hydrogen-bond acceptors (Lipinski definition) is 5. The summed E-state index contributed by atoms with van der Waals surface area (Å²) in [6.07, 6.45) is 1.98. The molecule has 17 heavy (non-hydrogen) atoms. The molecule has 1 rings (SSSR count). The molecule has 0 bridgehead atoms. The molecule has 94 valence electrons. The van der Waals surface area contributed by atoms with Gasteiger partial charge in [-0.25, -0.2) is 9.48 Å². The number of carboxylic acid groups (broad SMARTS) is 1. The molecule has 0 saturated carbocycles. The highest BCUT2D eigenvalue weighted by Gasteiger charge is 2.11. The minimum Gasteiger partial charge on any atom is -0.476 e. The molecule has 0 aromatic carbocycles. The van der Waals surface area contributed by atoms with E-state index in [0.717, 1.165) is 11.1 Å². The van der Waals surface area contributed by atoms with Crippen LogP contribution >= 0.6 is 0 Å². The Morgan fingerprint density at radius 2 is 2.24 bits per heavy atom. The van der Waals surface area contributed by atoms with E-state index in [-0.39, 0.29) is 12.2 Å². The number of aromatic nitrogens is 3. The van der Waals surface area contributed by atoms with Crippen LogP contribution in [0.3, 0.4) is 0 Å². The first-order chi connectivity index (χ1) is 7.99.